The zero-order valence-electron chi connectivity index (χ0n) is 21.0. The van der Waals surface area contributed by atoms with Crippen molar-refractivity contribution in [2.45, 2.75) is 24.5 Å². The van der Waals surface area contributed by atoms with Crippen LogP contribution in [0.3, 0.4) is 0 Å². The summed E-state index contributed by atoms with van der Waals surface area (Å²) >= 11 is 0. The Labute approximate surface area is 247 Å². The summed E-state index contributed by atoms with van der Waals surface area (Å²) in [5.74, 6) is -1.40. The zero-order valence-corrected chi connectivity index (χ0v) is 25.0. The van der Waals surface area contributed by atoms with Crippen molar-refractivity contribution < 1.29 is 75.1 Å². The molecule has 0 bridgehead atoms. The number of aromatic hydroxyl groups is 2. The smallest absolute Gasteiger partial charge is 0.296 e. The van der Waals surface area contributed by atoms with Crippen LogP contribution in [0, 0.1) is 0 Å². The molecule has 11 N–H and O–H groups in total. The molecule has 0 spiro atoms. The monoisotopic (exact) mass is 718 g/mol. The summed E-state index contributed by atoms with van der Waals surface area (Å²) in [4.78, 5) is -4.69. The number of phenolic OH excluding ortho intramolecular Hbond substituents is 2. The average molecular weight is 719 g/mol. The van der Waals surface area contributed by atoms with E-state index in [-0.39, 0.29) is 22.5 Å². The maximum absolute atomic E-state index is 11.5. The van der Waals surface area contributed by atoms with E-state index in [1.807, 2.05) is 0 Å². The van der Waals surface area contributed by atoms with E-state index in [1.165, 1.54) is 0 Å². The van der Waals surface area contributed by atoms with E-state index in [1.54, 1.807) is 0 Å². The van der Waals surface area contributed by atoms with Crippen LogP contribution in [0.4, 0.5) is 11.4 Å². The Hall–Kier alpha value is -3.85. The zero-order chi connectivity index (χ0) is 34.0. The third-order valence-electron chi connectivity index (χ3n) is 5.62. The molecule has 0 atom stereocenters. The summed E-state index contributed by atoms with van der Waals surface area (Å²) in [7, 11) is -24.5. The molecule has 19 nitrogen and oxygen atoms in total. The lowest BCUT2D eigenvalue weighted by Crippen LogP contribution is -2.09. The van der Waals surface area contributed by atoms with Gasteiger partial charge in [-0.25, -0.2) is 0 Å². The number of nitrogens with two attached hydrogens (primary N) is 2. The second kappa shape index (κ2) is 10.9. The molecule has 4 aromatic carbocycles. The molecule has 0 aliphatic heterocycles. The van der Waals surface area contributed by atoms with Gasteiger partial charge in [0.2, 0.25) is 0 Å². The average Bonchev–Trinajstić information content (AvgIpc) is 2.81. The summed E-state index contributed by atoms with van der Waals surface area (Å²) in [5.41, 5.74) is 9.97. The van der Waals surface area contributed by atoms with Gasteiger partial charge in [-0.2, -0.15) is 42.1 Å². The third kappa shape index (κ3) is 7.09. The Morgan fingerprint density at radius 3 is 1.36 bits per heavy atom. The van der Waals surface area contributed by atoms with E-state index in [4.69, 9.17) is 29.7 Å². The third-order valence-corrected chi connectivity index (χ3v) is 9.96. The van der Waals surface area contributed by atoms with Gasteiger partial charge in [-0.15, -0.1) is 0 Å². The molecule has 0 aromatic heterocycles. The van der Waals surface area contributed by atoms with E-state index >= 15 is 0 Å². The Kier molecular flexibility index (Phi) is 8.62. The van der Waals surface area contributed by atoms with E-state index in [0.717, 1.165) is 18.2 Å². The van der Waals surface area contributed by atoms with E-state index in [0.29, 0.717) is 18.2 Å². The SMILES string of the molecule is Nc1c(S(=O)(=O)O)cc(S(=O)(=O)O)c2cc(S(=O)(=O)O)cc(O)c12.Nc1cc2c(S(=O)(=O)O)cc(S(=O)(=O)O)cc2cc1O. The second-order valence-corrected chi connectivity index (χ2v) is 15.6. The van der Waals surface area contributed by atoms with Crippen molar-refractivity contribution in [2.75, 3.05) is 11.5 Å². The minimum atomic E-state index is -5.13. The number of hydrogen-bond acceptors (Lipinski definition) is 14. The van der Waals surface area contributed by atoms with Gasteiger partial charge in [0.1, 0.15) is 26.2 Å². The van der Waals surface area contributed by atoms with E-state index < -0.39 is 103 Å². The maximum Gasteiger partial charge on any atom is 0.296 e. The van der Waals surface area contributed by atoms with Crippen molar-refractivity contribution in [3.63, 3.8) is 0 Å². The van der Waals surface area contributed by atoms with Crippen LogP contribution in [0.15, 0.2) is 66.9 Å². The second-order valence-electron chi connectivity index (χ2n) is 8.58. The molecule has 0 fully saturated rings. The number of anilines is 2. The van der Waals surface area contributed by atoms with Crippen molar-refractivity contribution in [1.29, 1.82) is 0 Å². The lowest BCUT2D eigenvalue weighted by molar-refractivity contribution is 0.469. The van der Waals surface area contributed by atoms with Gasteiger partial charge in [0, 0.05) is 22.2 Å². The Morgan fingerprint density at radius 2 is 0.909 bits per heavy atom. The molecule has 0 amide bonds. The first kappa shape index (κ1) is 34.6. The van der Waals surface area contributed by atoms with E-state index in [9.17, 15) is 56.9 Å². The van der Waals surface area contributed by atoms with Crippen molar-refractivity contribution in [3.05, 3.63) is 42.5 Å². The molecule has 44 heavy (non-hydrogen) atoms. The number of hydrogen-bond donors (Lipinski definition) is 9. The van der Waals surface area contributed by atoms with Crippen LogP contribution < -0.4 is 11.5 Å². The van der Waals surface area contributed by atoms with Crippen LogP contribution >= 0.6 is 0 Å². The number of benzene rings is 4. The Morgan fingerprint density at radius 1 is 0.455 bits per heavy atom. The fourth-order valence-electron chi connectivity index (χ4n) is 3.77. The standard InChI is InChI=1S/C10H9NO10S3.C10H9NO7S2/c11-10-8(24(19,20)21)3-7(23(16,17)18)5-1-4(22(13,14)15)2-6(12)9(5)10;11-8-4-7-5(2-9(8)12)1-6(19(13,14)15)3-10(7)20(16,17)18/h1-3,12H,11H2,(H,13,14,15)(H,16,17,18)(H,19,20,21);1-4,12H,11H2,(H,13,14,15)(H,16,17,18). The Balaban J connectivity index is 0.000000244. The first-order valence-electron chi connectivity index (χ1n) is 10.7. The maximum atomic E-state index is 11.5. The van der Waals surface area contributed by atoms with Crippen LogP contribution in [-0.4, -0.2) is 75.1 Å². The summed E-state index contributed by atoms with van der Waals surface area (Å²) in [5, 5.41) is 17.9. The van der Waals surface area contributed by atoms with Gasteiger partial charge in [-0.3, -0.25) is 22.8 Å². The summed E-state index contributed by atoms with van der Waals surface area (Å²) in [6.45, 7) is 0. The molecular formula is C20H18N2O17S5. The molecule has 0 saturated carbocycles. The van der Waals surface area contributed by atoms with Gasteiger partial charge >= 0.3 is 0 Å². The number of nitrogen functional groups attached to an aromatic ring is 2. The molecule has 0 unspecified atom stereocenters. The van der Waals surface area contributed by atoms with Gasteiger partial charge in [0.25, 0.3) is 50.6 Å². The predicted molar refractivity (Wildman–Crippen MR) is 149 cm³/mol. The Bertz CT molecular complexity index is 2440. The number of phenols is 2. The molecular weight excluding hydrogens is 701 g/mol. The molecule has 4 rings (SSSR count). The molecule has 0 radical (unpaired) electrons. The van der Waals surface area contributed by atoms with Gasteiger partial charge in [-0.05, 0) is 41.8 Å². The minimum absolute atomic E-state index is 0.0283. The summed E-state index contributed by atoms with van der Waals surface area (Å²) in [6, 6.07) is 4.96. The fourth-order valence-corrected chi connectivity index (χ4v) is 7.07. The highest BCUT2D eigenvalue weighted by molar-refractivity contribution is 7.87. The van der Waals surface area contributed by atoms with Crippen LogP contribution in [0.2, 0.25) is 0 Å². The summed E-state index contributed by atoms with van der Waals surface area (Å²) < 4.78 is 158. The lowest BCUT2D eigenvalue weighted by Gasteiger charge is -2.13. The highest BCUT2D eigenvalue weighted by atomic mass is 32.2. The molecule has 0 saturated heterocycles. The van der Waals surface area contributed by atoms with Crippen LogP contribution in [0.1, 0.15) is 0 Å². The van der Waals surface area contributed by atoms with Crippen molar-refractivity contribution in [2.24, 2.45) is 0 Å². The van der Waals surface area contributed by atoms with Gasteiger partial charge in [0.15, 0.2) is 0 Å². The normalized spacial score (nSPS) is 13.0. The van der Waals surface area contributed by atoms with Crippen LogP contribution in [-0.2, 0) is 50.6 Å². The summed E-state index contributed by atoms with van der Waals surface area (Å²) in [6.07, 6.45) is 0. The van der Waals surface area contributed by atoms with Crippen molar-refractivity contribution in [3.8, 4) is 11.5 Å². The molecule has 0 aliphatic carbocycles. The van der Waals surface area contributed by atoms with Gasteiger partial charge in [-0.1, -0.05) is 0 Å². The first-order valence-corrected chi connectivity index (χ1v) is 17.9. The van der Waals surface area contributed by atoms with Crippen molar-refractivity contribution >= 4 is 83.5 Å². The van der Waals surface area contributed by atoms with E-state index in [2.05, 4.69) is 0 Å². The van der Waals surface area contributed by atoms with Crippen LogP contribution in [0.25, 0.3) is 21.5 Å². The molecule has 240 valence electrons. The van der Waals surface area contributed by atoms with Crippen LogP contribution in [0.5, 0.6) is 11.5 Å². The highest BCUT2D eigenvalue weighted by Crippen LogP contribution is 2.40. The lowest BCUT2D eigenvalue weighted by atomic mass is 10.1. The quantitative estimate of drug-likeness (QED) is 0.0769. The topological polar surface area (TPSA) is 364 Å². The first-order chi connectivity index (χ1) is 19.6. The number of rotatable bonds is 5. The molecule has 0 heterocycles. The number of fused-ring (bicyclic) bond motifs is 2. The molecule has 0 aliphatic rings. The molecule has 4 aromatic rings. The molecule has 24 heteroatoms. The fraction of sp³-hybridized carbons (Fsp3) is 0. The highest BCUT2D eigenvalue weighted by Gasteiger charge is 2.27. The minimum Gasteiger partial charge on any atom is -0.507 e. The predicted octanol–water partition coefficient (Wildman–Crippen LogP) is 0.489. The van der Waals surface area contributed by atoms with Gasteiger partial charge < -0.3 is 21.7 Å². The van der Waals surface area contributed by atoms with Gasteiger partial charge in [0.05, 0.1) is 21.2 Å². The largest absolute Gasteiger partial charge is 0.507 e. The van der Waals surface area contributed by atoms with Crippen molar-refractivity contribution in [1.82, 2.24) is 0 Å².